The second kappa shape index (κ2) is 5.97. The number of ether oxygens (including phenoxy) is 1. The van der Waals surface area contributed by atoms with Gasteiger partial charge in [-0.05, 0) is 19.9 Å². The van der Waals surface area contributed by atoms with Gasteiger partial charge in [-0.15, -0.1) is 0 Å². The van der Waals surface area contributed by atoms with Gasteiger partial charge in [0.2, 0.25) is 0 Å². The van der Waals surface area contributed by atoms with Gasteiger partial charge in [0.15, 0.2) is 0 Å². The molecule has 0 bridgehead atoms. The zero-order chi connectivity index (χ0) is 13.8. The Morgan fingerprint density at radius 2 is 2.00 bits per heavy atom. The molecule has 0 saturated carbocycles. The number of rotatable bonds is 4. The Bertz CT molecular complexity index is 572. The molecule has 2 aromatic heterocycles. The fourth-order valence-corrected chi connectivity index (χ4v) is 1.87. The second-order valence-corrected chi connectivity index (χ2v) is 4.81. The Labute approximate surface area is 117 Å². The maximum absolute atomic E-state index is 6.00. The lowest BCUT2D eigenvalue weighted by molar-refractivity contribution is 0.241. The summed E-state index contributed by atoms with van der Waals surface area (Å²) >= 11 is 6.00. The van der Waals surface area contributed by atoms with E-state index in [0.29, 0.717) is 5.15 Å². The van der Waals surface area contributed by atoms with Crippen molar-refractivity contribution < 1.29 is 4.74 Å². The van der Waals surface area contributed by atoms with Crippen molar-refractivity contribution in [2.75, 3.05) is 0 Å². The van der Waals surface area contributed by atoms with Crippen molar-refractivity contribution in [2.24, 2.45) is 0 Å². The molecule has 0 atom stereocenters. The molecule has 2 heterocycles. The van der Waals surface area contributed by atoms with Crippen molar-refractivity contribution in [3.05, 3.63) is 35.5 Å². The average molecular weight is 278 g/mol. The minimum atomic E-state index is 0.109. The second-order valence-electron chi connectivity index (χ2n) is 4.42. The largest absolute Gasteiger partial charge is 0.489 e. The van der Waals surface area contributed by atoms with E-state index in [0.717, 1.165) is 29.3 Å². The van der Waals surface area contributed by atoms with Gasteiger partial charge < -0.3 is 4.74 Å². The number of nitrogens with zero attached hydrogens (tertiary/aromatic N) is 3. The van der Waals surface area contributed by atoms with Crippen LogP contribution in [0.25, 0.3) is 11.3 Å². The molecule has 0 aliphatic heterocycles. The number of hydrogen-bond acceptors (Lipinski definition) is 4. The van der Waals surface area contributed by atoms with Crippen LogP contribution in [0.1, 0.15) is 26.6 Å². The predicted octanol–water partition coefficient (Wildman–Crippen LogP) is 3.54. The van der Waals surface area contributed by atoms with E-state index >= 15 is 0 Å². The summed E-state index contributed by atoms with van der Waals surface area (Å²) in [6.07, 6.45) is 4.28. The number of aromatic nitrogens is 3. The molecular weight excluding hydrogens is 262 g/mol. The highest BCUT2D eigenvalue weighted by Gasteiger charge is 2.07. The van der Waals surface area contributed by atoms with Gasteiger partial charge in [-0.2, -0.15) is 0 Å². The van der Waals surface area contributed by atoms with Crippen molar-refractivity contribution in [3.8, 4) is 17.0 Å². The van der Waals surface area contributed by atoms with Crippen LogP contribution in [0.15, 0.2) is 24.5 Å². The lowest BCUT2D eigenvalue weighted by Crippen LogP contribution is -2.05. The molecule has 0 amide bonds. The van der Waals surface area contributed by atoms with Crippen molar-refractivity contribution in [1.29, 1.82) is 0 Å². The van der Waals surface area contributed by atoms with Crippen molar-refractivity contribution >= 4 is 11.6 Å². The van der Waals surface area contributed by atoms with Crippen LogP contribution in [0.5, 0.6) is 5.75 Å². The van der Waals surface area contributed by atoms with Gasteiger partial charge >= 0.3 is 0 Å². The fraction of sp³-hybridized carbons (Fsp3) is 0.357. The Hall–Kier alpha value is -1.68. The van der Waals surface area contributed by atoms with Gasteiger partial charge in [0.1, 0.15) is 16.7 Å². The first-order valence-corrected chi connectivity index (χ1v) is 6.62. The highest BCUT2D eigenvalue weighted by molar-refractivity contribution is 6.29. The first kappa shape index (κ1) is 13.7. The van der Waals surface area contributed by atoms with Crippen LogP contribution < -0.4 is 4.74 Å². The molecule has 0 aliphatic carbocycles. The molecule has 2 rings (SSSR count). The highest BCUT2D eigenvalue weighted by Crippen LogP contribution is 2.23. The number of hydrogen-bond donors (Lipinski definition) is 0. The maximum Gasteiger partial charge on any atom is 0.138 e. The third kappa shape index (κ3) is 3.64. The Morgan fingerprint density at radius 1 is 1.21 bits per heavy atom. The number of halogens is 1. The number of pyridine rings is 1. The third-order valence-corrected chi connectivity index (χ3v) is 2.63. The maximum atomic E-state index is 6.00. The van der Waals surface area contributed by atoms with E-state index in [1.54, 1.807) is 18.5 Å². The van der Waals surface area contributed by atoms with Crippen LogP contribution in [-0.2, 0) is 6.42 Å². The standard InChI is InChI=1S/C14H16ClN3O/c1-4-14-17-12(6-13(15)18-14)10-5-11(8-16-7-10)19-9(2)3/h5-9H,4H2,1-3H3. The van der Waals surface area contributed by atoms with E-state index in [-0.39, 0.29) is 6.10 Å². The summed E-state index contributed by atoms with van der Waals surface area (Å²) < 4.78 is 5.62. The molecule has 2 aromatic rings. The molecule has 0 saturated heterocycles. The molecule has 0 aromatic carbocycles. The molecule has 0 spiro atoms. The summed E-state index contributed by atoms with van der Waals surface area (Å²) in [7, 11) is 0. The summed E-state index contributed by atoms with van der Waals surface area (Å²) in [4.78, 5) is 12.8. The van der Waals surface area contributed by atoms with Crippen molar-refractivity contribution in [1.82, 2.24) is 15.0 Å². The molecule has 19 heavy (non-hydrogen) atoms. The first-order valence-electron chi connectivity index (χ1n) is 6.24. The van der Waals surface area contributed by atoms with Crippen molar-refractivity contribution in [3.63, 3.8) is 0 Å². The Morgan fingerprint density at radius 3 is 2.68 bits per heavy atom. The summed E-state index contributed by atoms with van der Waals surface area (Å²) in [6.45, 7) is 5.94. The quantitative estimate of drug-likeness (QED) is 0.802. The van der Waals surface area contributed by atoms with E-state index in [1.165, 1.54) is 0 Å². The minimum Gasteiger partial charge on any atom is -0.489 e. The summed E-state index contributed by atoms with van der Waals surface area (Å²) in [5.41, 5.74) is 1.63. The van der Waals surface area contributed by atoms with E-state index < -0.39 is 0 Å². The molecule has 100 valence electrons. The van der Waals surface area contributed by atoms with Crippen LogP contribution in [-0.4, -0.2) is 21.1 Å². The van der Waals surface area contributed by atoms with Gasteiger partial charge in [-0.1, -0.05) is 18.5 Å². The van der Waals surface area contributed by atoms with Gasteiger partial charge in [0.05, 0.1) is 18.0 Å². The summed E-state index contributed by atoms with van der Waals surface area (Å²) in [5.74, 6) is 1.44. The smallest absolute Gasteiger partial charge is 0.138 e. The van der Waals surface area contributed by atoms with Gasteiger partial charge in [-0.25, -0.2) is 9.97 Å². The van der Waals surface area contributed by atoms with E-state index in [4.69, 9.17) is 16.3 Å². The van der Waals surface area contributed by atoms with Gasteiger partial charge in [0, 0.05) is 24.2 Å². The summed E-state index contributed by atoms with van der Waals surface area (Å²) in [5, 5.41) is 0.442. The zero-order valence-electron chi connectivity index (χ0n) is 11.2. The van der Waals surface area contributed by atoms with Crippen LogP contribution >= 0.6 is 11.6 Å². The molecule has 5 heteroatoms. The topological polar surface area (TPSA) is 47.9 Å². The average Bonchev–Trinajstić information content (AvgIpc) is 2.37. The number of aryl methyl sites for hydroxylation is 1. The molecule has 0 radical (unpaired) electrons. The van der Waals surface area contributed by atoms with Crippen LogP contribution in [0, 0.1) is 0 Å². The van der Waals surface area contributed by atoms with Crippen LogP contribution in [0.2, 0.25) is 5.15 Å². The Kier molecular flexibility index (Phi) is 4.32. The SMILES string of the molecule is CCc1nc(Cl)cc(-c2cncc(OC(C)C)c2)n1. The lowest BCUT2D eigenvalue weighted by atomic mass is 10.2. The van der Waals surface area contributed by atoms with Crippen molar-refractivity contribution in [2.45, 2.75) is 33.3 Å². The van der Waals surface area contributed by atoms with E-state index in [1.807, 2.05) is 26.8 Å². The van der Waals surface area contributed by atoms with Gasteiger partial charge in [-0.3, -0.25) is 4.98 Å². The molecule has 0 fully saturated rings. The fourth-order valence-electron chi connectivity index (χ4n) is 1.67. The molecule has 0 unspecified atom stereocenters. The monoisotopic (exact) mass is 277 g/mol. The lowest BCUT2D eigenvalue weighted by Gasteiger charge is -2.10. The predicted molar refractivity (Wildman–Crippen MR) is 75.4 cm³/mol. The molecule has 0 aliphatic rings. The summed E-state index contributed by atoms with van der Waals surface area (Å²) in [6, 6.07) is 3.64. The van der Waals surface area contributed by atoms with E-state index in [9.17, 15) is 0 Å². The highest BCUT2D eigenvalue weighted by atomic mass is 35.5. The molecule has 0 N–H and O–H groups in total. The van der Waals surface area contributed by atoms with Crippen LogP contribution in [0.4, 0.5) is 0 Å². The zero-order valence-corrected chi connectivity index (χ0v) is 12.0. The van der Waals surface area contributed by atoms with Crippen LogP contribution in [0.3, 0.4) is 0 Å². The minimum absolute atomic E-state index is 0.109. The molecule has 4 nitrogen and oxygen atoms in total. The van der Waals surface area contributed by atoms with E-state index in [2.05, 4.69) is 15.0 Å². The Balaban J connectivity index is 2.38. The third-order valence-electron chi connectivity index (χ3n) is 2.44. The van der Waals surface area contributed by atoms with Gasteiger partial charge in [0.25, 0.3) is 0 Å². The first-order chi connectivity index (χ1) is 9.08. The normalized spacial score (nSPS) is 10.8. The molecular formula is C14H16ClN3O.